The SMILES string of the molecule is CCNC(C)c1cnc(N(C)c2ccc(C)cc2C)s1. The topological polar surface area (TPSA) is 28.2 Å². The molecule has 0 radical (unpaired) electrons. The van der Waals surface area contributed by atoms with Gasteiger partial charge in [0.25, 0.3) is 0 Å². The van der Waals surface area contributed by atoms with Crippen molar-refractivity contribution in [2.45, 2.75) is 33.7 Å². The summed E-state index contributed by atoms with van der Waals surface area (Å²) in [6, 6.07) is 6.88. The van der Waals surface area contributed by atoms with Crippen molar-refractivity contribution in [3.8, 4) is 0 Å². The molecule has 0 saturated carbocycles. The van der Waals surface area contributed by atoms with E-state index in [2.05, 4.69) is 68.1 Å². The van der Waals surface area contributed by atoms with Gasteiger partial charge in [0.05, 0.1) is 0 Å². The van der Waals surface area contributed by atoms with E-state index < -0.39 is 0 Å². The minimum Gasteiger partial charge on any atom is -0.321 e. The first-order valence-corrected chi connectivity index (χ1v) is 7.84. The van der Waals surface area contributed by atoms with Crippen LogP contribution in [0.4, 0.5) is 10.8 Å². The van der Waals surface area contributed by atoms with E-state index in [0.29, 0.717) is 6.04 Å². The first kappa shape index (κ1) is 15.0. The van der Waals surface area contributed by atoms with Crippen molar-refractivity contribution in [2.24, 2.45) is 0 Å². The molecular formula is C16H23N3S. The van der Waals surface area contributed by atoms with Crippen molar-refractivity contribution in [3.05, 3.63) is 40.4 Å². The smallest absolute Gasteiger partial charge is 0.189 e. The Labute approximate surface area is 125 Å². The first-order valence-electron chi connectivity index (χ1n) is 7.03. The van der Waals surface area contributed by atoms with Gasteiger partial charge in [0.2, 0.25) is 0 Å². The van der Waals surface area contributed by atoms with Gasteiger partial charge >= 0.3 is 0 Å². The van der Waals surface area contributed by atoms with E-state index in [0.717, 1.165) is 11.7 Å². The highest BCUT2D eigenvalue weighted by atomic mass is 32.1. The third-order valence-electron chi connectivity index (χ3n) is 3.45. The summed E-state index contributed by atoms with van der Waals surface area (Å²) >= 11 is 1.75. The molecule has 0 amide bonds. The fourth-order valence-electron chi connectivity index (χ4n) is 2.32. The zero-order chi connectivity index (χ0) is 14.7. The molecule has 0 saturated heterocycles. The van der Waals surface area contributed by atoms with Crippen LogP contribution < -0.4 is 10.2 Å². The van der Waals surface area contributed by atoms with Crippen LogP contribution in [0.3, 0.4) is 0 Å². The highest BCUT2D eigenvalue weighted by molar-refractivity contribution is 7.15. The molecule has 1 atom stereocenters. The average molecular weight is 289 g/mol. The van der Waals surface area contributed by atoms with E-state index in [1.54, 1.807) is 11.3 Å². The van der Waals surface area contributed by atoms with E-state index >= 15 is 0 Å². The van der Waals surface area contributed by atoms with Crippen LogP contribution in [0.5, 0.6) is 0 Å². The van der Waals surface area contributed by atoms with Crippen molar-refractivity contribution in [2.75, 3.05) is 18.5 Å². The molecule has 1 unspecified atom stereocenters. The second-order valence-corrected chi connectivity index (χ2v) is 6.21. The lowest BCUT2D eigenvalue weighted by molar-refractivity contribution is 0.606. The van der Waals surface area contributed by atoms with Gasteiger partial charge in [-0.3, -0.25) is 0 Å². The molecule has 3 nitrogen and oxygen atoms in total. The number of hydrogen-bond acceptors (Lipinski definition) is 4. The van der Waals surface area contributed by atoms with E-state index in [-0.39, 0.29) is 0 Å². The Balaban J connectivity index is 2.23. The molecule has 0 aliphatic carbocycles. The fraction of sp³-hybridized carbons (Fsp3) is 0.438. The van der Waals surface area contributed by atoms with Gasteiger partial charge in [-0.15, -0.1) is 0 Å². The third-order valence-corrected chi connectivity index (χ3v) is 4.71. The van der Waals surface area contributed by atoms with Gasteiger partial charge < -0.3 is 10.2 Å². The van der Waals surface area contributed by atoms with Crippen molar-refractivity contribution in [1.29, 1.82) is 0 Å². The molecule has 0 spiro atoms. The lowest BCUT2D eigenvalue weighted by Gasteiger charge is -2.19. The Bertz CT molecular complexity index is 577. The van der Waals surface area contributed by atoms with E-state index in [1.165, 1.54) is 21.7 Å². The van der Waals surface area contributed by atoms with Crippen molar-refractivity contribution in [3.63, 3.8) is 0 Å². The lowest BCUT2D eigenvalue weighted by Crippen LogP contribution is -2.16. The number of nitrogens with zero attached hydrogens (tertiary/aromatic N) is 2. The van der Waals surface area contributed by atoms with Crippen LogP contribution in [0.1, 0.15) is 35.9 Å². The summed E-state index contributed by atoms with van der Waals surface area (Å²) < 4.78 is 0. The summed E-state index contributed by atoms with van der Waals surface area (Å²) in [5, 5.41) is 4.46. The summed E-state index contributed by atoms with van der Waals surface area (Å²) in [6.45, 7) is 9.55. The lowest BCUT2D eigenvalue weighted by atomic mass is 10.1. The molecule has 1 heterocycles. The number of aromatic nitrogens is 1. The Kier molecular flexibility index (Phi) is 4.78. The Hall–Kier alpha value is -1.39. The fourth-order valence-corrected chi connectivity index (χ4v) is 3.24. The van der Waals surface area contributed by atoms with Gasteiger partial charge in [-0.2, -0.15) is 0 Å². The number of rotatable bonds is 5. The molecule has 2 aromatic rings. The number of benzene rings is 1. The van der Waals surface area contributed by atoms with Gasteiger partial charge in [-0.05, 0) is 38.9 Å². The van der Waals surface area contributed by atoms with Gasteiger partial charge in [-0.25, -0.2) is 4.98 Å². The number of anilines is 2. The molecule has 20 heavy (non-hydrogen) atoms. The molecule has 0 aliphatic rings. The van der Waals surface area contributed by atoms with Gasteiger partial charge in [-0.1, -0.05) is 36.0 Å². The summed E-state index contributed by atoms with van der Waals surface area (Å²) in [5.74, 6) is 0. The van der Waals surface area contributed by atoms with Crippen molar-refractivity contribution >= 4 is 22.2 Å². The molecule has 0 fully saturated rings. The summed E-state index contributed by atoms with van der Waals surface area (Å²) in [4.78, 5) is 8.01. The average Bonchev–Trinajstić information content (AvgIpc) is 2.88. The maximum atomic E-state index is 4.56. The van der Waals surface area contributed by atoms with Crippen LogP contribution in [-0.2, 0) is 0 Å². The molecular weight excluding hydrogens is 266 g/mol. The summed E-state index contributed by atoms with van der Waals surface area (Å²) in [6.07, 6.45) is 1.98. The quantitative estimate of drug-likeness (QED) is 0.894. The summed E-state index contributed by atoms with van der Waals surface area (Å²) in [7, 11) is 2.08. The molecule has 1 N–H and O–H groups in total. The maximum absolute atomic E-state index is 4.56. The Morgan fingerprint density at radius 2 is 2.10 bits per heavy atom. The normalized spacial score (nSPS) is 12.4. The largest absolute Gasteiger partial charge is 0.321 e. The van der Waals surface area contributed by atoms with Gasteiger partial charge in [0.1, 0.15) is 0 Å². The minimum atomic E-state index is 0.360. The van der Waals surface area contributed by atoms with Gasteiger partial charge in [0, 0.05) is 29.9 Å². The van der Waals surface area contributed by atoms with Crippen LogP contribution in [-0.4, -0.2) is 18.6 Å². The number of thiazole rings is 1. The Morgan fingerprint density at radius 1 is 1.35 bits per heavy atom. The van der Waals surface area contributed by atoms with Crippen LogP contribution in [0.2, 0.25) is 0 Å². The van der Waals surface area contributed by atoms with Gasteiger partial charge in [0.15, 0.2) is 5.13 Å². The zero-order valence-electron chi connectivity index (χ0n) is 12.9. The van der Waals surface area contributed by atoms with Crippen LogP contribution in [0, 0.1) is 13.8 Å². The van der Waals surface area contributed by atoms with E-state index in [4.69, 9.17) is 0 Å². The van der Waals surface area contributed by atoms with Crippen molar-refractivity contribution in [1.82, 2.24) is 10.3 Å². The number of hydrogen-bond donors (Lipinski definition) is 1. The summed E-state index contributed by atoms with van der Waals surface area (Å²) in [5.41, 5.74) is 3.79. The molecule has 1 aromatic carbocycles. The molecule has 0 bridgehead atoms. The first-order chi connectivity index (χ1) is 9.52. The highest BCUT2D eigenvalue weighted by Gasteiger charge is 2.14. The van der Waals surface area contributed by atoms with Crippen molar-refractivity contribution < 1.29 is 0 Å². The van der Waals surface area contributed by atoms with E-state index in [9.17, 15) is 0 Å². The van der Waals surface area contributed by atoms with Crippen LogP contribution in [0.15, 0.2) is 24.4 Å². The third kappa shape index (κ3) is 3.19. The monoisotopic (exact) mass is 289 g/mol. The molecule has 0 aliphatic heterocycles. The second-order valence-electron chi connectivity index (χ2n) is 5.17. The highest BCUT2D eigenvalue weighted by Crippen LogP contribution is 2.32. The van der Waals surface area contributed by atoms with E-state index in [1.807, 2.05) is 6.20 Å². The van der Waals surface area contributed by atoms with Crippen LogP contribution >= 0.6 is 11.3 Å². The predicted octanol–water partition coefficient (Wildman–Crippen LogP) is 4.20. The second kappa shape index (κ2) is 6.37. The minimum absolute atomic E-state index is 0.360. The number of aryl methyl sites for hydroxylation is 2. The predicted molar refractivity (Wildman–Crippen MR) is 88.2 cm³/mol. The molecule has 1 aromatic heterocycles. The van der Waals surface area contributed by atoms with Crippen LogP contribution in [0.25, 0.3) is 0 Å². The molecule has 4 heteroatoms. The molecule has 2 rings (SSSR count). The Morgan fingerprint density at radius 3 is 2.75 bits per heavy atom. The standard InChI is InChI=1S/C16H23N3S/c1-6-17-13(4)15-10-18-16(20-15)19(5)14-8-7-11(2)9-12(14)3/h7-10,13,17H,6H2,1-5H3. The zero-order valence-corrected chi connectivity index (χ0v) is 13.7. The number of nitrogens with one attached hydrogen (secondary N) is 1. The maximum Gasteiger partial charge on any atom is 0.189 e. The molecule has 108 valence electrons.